The summed E-state index contributed by atoms with van der Waals surface area (Å²) in [5, 5.41) is 5.67. The molecule has 0 aliphatic carbocycles. The monoisotopic (exact) mass is 362 g/mol. The van der Waals surface area contributed by atoms with Gasteiger partial charge in [0.2, 0.25) is 5.91 Å². The van der Waals surface area contributed by atoms with Gasteiger partial charge in [-0.15, -0.1) is 0 Å². The largest absolute Gasteiger partial charge is 0.336 e. The number of carbonyl (C=O) groups excluding carboxylic acids is 1. The Kier molecular flexibility index (Phi) is 4.77. The minimum absolute atomic E-state index is 0.196. The summed E-state index contributed by atoms with van der Waals surface area (Å²) in [6.07, 6.45) is 2.78. The van der Waals surface area contributed by atoms with Gasteiger partial charge >= 0.3 is 0 Å². The van der Waals surface area contributed by atoms with E-state index in [4.69, 9.17) is 0 Å². The highest BCUT2D eigenvalue weighted by atomic mass is 79.9. The van der Waals surface area contributed by atoms with Crippen molar-refractivity contribution in [3.63, 3.8) is 0 Å². The van der Waals surface area contributed by atoms with E-state index in [1.54, 1.807) is 25.4 Å². The van der Waals surface area contributed by atoms with Crippen molar-refractivity contribution in [2.75, 3.05) is 10.6 Å². The molecule has 0 atom stereocenters. The molecule has 0 bridgehead atoms. The first-order valence-electron chi connectivity index (χ1n) is 6.45. The molecule has 0 fully saturated rings. The molecule has 0 aliphatic rings. The average molecular weight is 363 g/mol. The van der Waals surface area contributed by atoms with Crippen LogP contribution in [0.5, 0.6) is 0 Å². The molecule has 0 spiro atoms. The lowest BCUT2D eigenvalue weighted by Gasteiger charge is -2.11. The average Bonchev–Trinajstić information content (AvgIpc) is 2.47. The predicted molar refractivity (Wildman–Crippen MR) is 90.5 cm³/mol. The van der Waals surface area contributed by atoms with Gasteiger partial charge in [-0.25, -0.2) is 4.98 Å². The van der Waals surface area contributed by atoms with Crippen LogP contribution >= 0.6 is 15.9 Å². The number of hydrogen-bond acceptors (Lipinski definition) is 4. The van der Waals surface area contributed by atoms with Crippen molar-refractivity contribution in [3.8, 4) is 0 Å². The number of aryl methyl sites for hydroxylation is 2. The second kappa shape index (κ2) is 6.57. The Labute approximate surface area is 136 Å². The number of nitrogens with one attached hydrogen (secondary N) is 2. The van der Waals surface area contributed by atoms with E-state index in [-0.39, 0.29) is 17.3 Å². The fourth-order valence-corrected chi connectivity index (χ4v) is 2.29. The van der Waals surface area contributed by atoms with Crippen LogP contribution in [-0.2, 0) is 11.8 Å². The molecule has 0 radical (unpaired) electrons. The highest BCUT2D eigenvalue weighted by molar-refractivity contribution is 9.10. The molecule has 22 heavy (non-hydrogen) atoms. The zero-order valence-corrected chi connectivity index (χ0v) is 13.8. The van der Waals surface area contributed by atoms with Gasteiger partial charge in [0, 0.05) is 24.6 Å². The standard InChI is InChI=1S/C15H15BrN4O2/c1-4-13(21)18-11-7-10(6-5-9(11)2)17-14-15(22)20(3)8-12(16)19-14/h4-8H,1H2,2-3H3,(H,17,19)(H,18,21). The fraction of sp³-hybridized carbons (Fsp3) is 0.133. The van der Waals surface area contributed by atoms with Gasteiger partial charge in [-0.05, 0) is 46.6 Å². The van der Waals surface area contributed by atoms with E-state index in [1.807, 2.05) is 13.0 Å². The van der Waals surface area contributed by atoms with Gasteiger partial charge in [0.05, 0.1) is 0 Å². The molecular formula is C15H15BrN4O2. The first-order valence-corrected chi connectivity index (χ1v) is 7.24. The number of benzene rings is 1. The molecule has 0 saturated carbocycles. The summed E-state index contributed by atoms with van der Waals surface area (Å²) in [5.41, 5.74) is 1.94. The van der Waals surface area contributed by atoms with Gasteiger partial charge in [0.25, 0.3) is 5.56 Å². The minimum atomic E-state index is -0.295. The van der Waals surface area contributed by atoms with Crippen LogP contribution in [0.15, 0.2) is 46.4 Å². The molecule has 1 aromatic carbocycles. The molecule has 6 nitrogen and oxygen atoms in total. The Balaban J connectivity index is 2.35. The molecule has 1 aromatic heterocycles. The van der Waals surface area contributed by atoms with Crippen LogP contribution in [0.3, 0.4) is 0 Å². The summed E-state index contributed by atoms with van der Waals surface area (Å²) >= 11 is 3.25. The first kappa shape index (κ1) is 16.0. The molecular weight excluding hydrogens is 348 g/mol. The molecule has 2 N–H and O–H groups in total. The van der Waals surface area contributed by atoms with Crippen molar-refractivity contribution < 1.29 is 4.79 Å². The number of anilines is 3. The van der Waals surface area contributed by atoms with Gasteiger partial charge < -0.3 is 15.2 Å². The predicted octanol–water partition coefficient (Wildman–Crippen LogP) is 2.72. The molecule has 0 unspecified atom stereocenters. The van der Waals surface area contributed by atoms with E-state index in [9.17, 15) is 9.59 Å². The number of aromatic nitrogens is 2. The van der Waals surface area contributed by atoms with Crippen molar-refractivity contribution >= 4 is 39.0 Å². The van der Waals surface area contributed by atoms with E-state index >= 15 is 0 Å². The number of rotatable bonds is 4. The number of nitrogens with zero attached hydrogens (tertiary/aromatic N) is 2. The van der Waals surface area contributed by atoms with Gasteiger partial charge in [0.15, 0.2) is 5.82 Å². The molecule has 1 amide bonds. The number of hydrogen-bond donors (Lipinski definition) is 2. The minimum Gasteiger partial charge on any atom is -0.336 e. The van der Waals surface area contributed by atoms with E-state index in [2.05, 4.69) is 38.1 Å². The SMILES string of the molecule is C=CC(=O)Nc1cc(Nc2nc(Br)cn(C)c2=O)ccc1C. The summed E-state index contributed by atoms with van der Waals surface area (Å²) in [6, 6.07) is 5.38. The second-order valence-corrected chi connectivity index (χ2v) is 5.49. The topological polar surface area (TPSA) is 76.0 Å². The van der Waals surface area contributed by atoms with Crippen LogP contribution in [0.25, 0.3) is 0 Å². The highest BCUT2D eigenvalue weighted by Crippen LogP contribution is 2.22. The third-order valence-electron chi connectivity index (χ3n) is 2.99. The normalized spacial score (nSPS) is 10.1. The summed E-state index contributed by atoms with van der Waals surface area (Å²) in [4.78, 5) is 27.6. The van der Waals surface area contributed by atoms with Crippen LogP contribution in [0.4, 0.5) is 17.2 Å². The van der Waals surface area contributed by atoms with Crippen LogP contribution in [-0.4, -0.2) is 15.5 Å². The Hall–Kier alpha value is -2.41. The van der Waals surface area contributed by atoms with Gasteiger partial charge in [0.1, 0.15) is 4.60 Å². The van der Waals surface area contributed by atoms with Gasteiger partial charge in [-0.1, -0.05) is 12.6 Å². The van der Waals surface area contributed by atoms with E-state index < -0.39 is 0 Å². The van der Waals surface area contributed by atoms with Gasteiger partial charge in [-0.3, -0.25) is 9.59 Å². The zero-order chi connectivity index (χ0) is 16.3. The smallest absolute Gasteiger partial charge is 0.293 e. The first-order chi connectivity index (χ1) is 10.4. The highest BCUT2D eigenvalue weighted by Gasteiger charge is 2.08. The molecule has 0 aliphatic heterocycles. The molecule has 2 aromatic rings. The molecule has 0 saturated heterocycles. The van der Waals surface area contributed by atoms with Crippen LogP contribution in [0.2, 0.25) is 0 Å². The summed E-state index contributed by atoms with van der Waals surface area (Å²) < 4.78 is 1.97. The number of carbonyl (C=O) groups is 1. The van der Waals surface area contributed by atoms with Crippen LogP contribution in [0, 0.1) is 6.92 Å². The fourth-order valence-electron chi connectivity index (χ4n) is 1.81. The van der Waals surface area contributed by atoms with Crippen LogP contribution < -0.4 is 16.2 Å². The molecule has 1 heterocycles. The van der Waals surface area contributed by atoms with Crippen molar-refractivity contribution in [2.45, 2.75) is 6.92 Å². The lowest BCUT2D eigenvalue weighted by molar-refractivity contribution is -0.111. The maximum atomic E-state index is 12.0. The van der Waals surface area contributed by atoms with Crippen molar-refractivity contribution in [1.82, 2.24) is 9.55 Å². The summed E-state index contributed by atoms with van der Waals surface area (Å²) in [7, 11) is 1.64. The number of amides is 1. The van der Waals surface area contributed by atoms with E-state index in [0.29, 0.717) is 16.0 Å². The lowest BCUT2D eigenvalue weighted by atomic mass is 10.1. The molecule has 114 valence electrons. The Morgan fingerprint density at radius 2 is 2.18 bits per heavy atom. The van der Waals surface area contributed by atoms with E-state index in [1.165, 1.54) is 10.6 Å². The van der Waals surface area contributed by atoms with Gasteiger partial charge in [-0.2, -0.15) is 0 Å². The van der Waals surface area contributed by atoms with E-state index in [0.717, 1.165) is 5.56 Å². The molecule has 7 heteroatoms. The molecule has 2 rings (SSSR count). The maximum absolute atomic E-state index is 12.0. The third-order valence-corrected chi connectivity index (χ3v) is 3.37. The second-order valence-electron chi connectivity index (χ2n) is 4.68. The zero-order valence-electron chi connectivity index (χ0n) is 12.2. The van der Waals surface area contributed by atoms with Crippen molar-refractivity contribution in [2.24, 2.45) is 7.05 Å². The lowest BCUT2D eigenvalue weighted by Crippen LogP contribution is -2.21. The quantitative estimate of drug-likeness (QED) is 0.819. The Morgan fingerprint density at radius 1 is 1.45 bits per heavy atom. The summed E-state index contributed by atoms with van der Waals surface area (Å²) in [5.74, 6) is -0.0986. The maximum Gasteiger partial charge on any atom is 0.293 e. The Morgan fingerprint density at radius 3 is 2.86 bits per heavy atom. The third kappa shape index (κ3) is 3.62. The Bertz CT molecular complexity index is 799. The van der Waals surface area contributed by atoms with Crippen molar-refractivity contribution in [3.05, 3.63) is 57.6 Å². The van der Waals surface area contributed by atoms with Crippen molar-refractivity contribution in [1.29, 1.82) is 0 Å². The summed E-state index contributed by atoms with van der Waals surface area (Å²) in [6.45, 7) is 5.29. The van der Waals surface area contributed by atoms with Crippen LogP contribution in [0.1, 0.15) is 5.56 Å². The number of halogens is 1.